The molecule has 0 radical (unpaired) electrons. The number of thiocarbonyl (C=S) groups is 1. The zero-order chi connectivity index (χ0) is 19.9. The van der Waals surface area contributed by atoms with Crippen molar-refractivity contribution in [2.75, 3.05) is 11.9 Å². The molecule has 0 aliphatic heterocycles. The summed E-state index contributed by atoms with van der Waals surface area (Å²) in [5.41, 5.74) is 2.43. The largest absolute Gasteiger partial charge is 0.362 e. The molecule has 148 valence electrons. The number of rotatable bonds is 6. The second-order valence-electron chi connectivity index (χ2n) is 7.18. The van der Waals surface area contributed by atoms with Gasteiger partial charge in [0.1, 0.15) is 5.03 Å². The SMILES string of the molecule is S=C(NCC1(c2ccccc2)CCCC1)Nc1ccc(Sc2ncccn2)nc1. The van der Waals surface area contributed by atoms with Crippen LogP contribution in [0.3, 0.4) is 0 Å². The molecular weight excluding hydrogens is 398 g/mol. The molecule has 29 heavy (non-hydrogen) atoms. The van der Waals surface area contributed by atoms with E-state index in [9.17, 15) is 0 Å². The van der Waals surface area contributed by atoms with Crippen LogP contribution in [0, 0.1) is 0 Å². The van der Waals surface area contributed by atoms with Crippen LogP contribution >= 0.6 is 24.0 Å². The van der Waals surface area contributed by atoms with Crippen LogP contribution in [0.1, 0.15) is 31.2 Å². The Kier molecular flexibility index (Phi) is 6.36. The molecule has 3 aromatic rings. The summed E-state index contributed by atoms with van der Waals surface area (Å²) in [6.07, 6.45) is 10.2. The van der Waals surface area contributed by atoms with E-state index in [2.05, 4.69) is 55.9 Å². The van der Waals surface area contributed by atoms with Gasteiger partial charge < -0.3 is 10.6 Å². The van der Waals surface area contributed by atoms with E-state index in [0.717, 1.165) is 17.3 Å². The number of nitrogens with one attached hydrogen (secondary N) is 2. The third-order valence-electron chi connectivity index (χ3n) is 5.27. The highest BCUT2D eigenvalue weighted by Gasteiger charge is 2.35. The first-order chi connectivity index (χ1) is 14.2. The van der Waals surface area contributed by atoms with E-state index in [-0.39, 0.29) is 5.41 Å². The molecule has 1 aliphatic carbocycles. The van der Waals surface area contributed by atoms with Crippen LogP contribution in [0.2, 0.25) is 0 Å². The molecule has 1 aliphatic rings. The summed E-state index contributed by atoms with van der Waals surface area (Å²) in [6, 6.07) is 16.5. The Hall–Kier alpha value is -2.51. The average molecular weight is 422 g/mol. The highest BCUT2D eigenvalue weighted by atomic mass is 32.2. The van der Waals surface area contributed by atoms with E-state index < -0.39 is 0 Å². The molecule has 0 bridgehead atoms. The van der Waals surface area contributed by atoms with Crippen LogP contribution in [-0.4, -0.2) is 26.6 Å². The molecule has 0 spiro atoms. The lowest BCUT2D eigenvalue weighted by molar-refractivity contribution is 0.435. The van der Waals surface area contributed by atoms with Gasteiger partial charge in [-0.1, -0.05) is 43.2 Å². The molecule has 2 N–H and O–H groups in total. The zero-order valence-electron chi connectivity index (χ0n) is 16.0. The fraction of sp³-hybridized carbons (Fsp3) is 0.273. The van der Waals surface area contributed by atoms with Crippen LogP contribution < -0.4 is 10.6 Å². The van der Waals surface area contributed by atoms with Crippen molar-refractivity contribution < 1.29 is 0 Å². The highest BCUT2D eigenvalue weighted by molar-refractivity contribution is 7.99. The number of hydrogen-bond acceptors (Lipinski definition) is 5. The van der Waals surface area contributed by atoms with Gasteiger partial charge in [0.2, 0.25) is 0 Å². The van der Waals surface area contributed by atoms with Crippen molar-refractivity contribution in [2.45, 2.75) is 41.3 Å². The summed E-state index contributed by atoms with van der Waals surface area (Å²) in [5.74, 6) is 0. The average Bonchev–Trinajstić information content (AvgIpc) is 3.25. The van der Waals surface area contributed by atoms with Crippen molar-refractivity contribution in [3.8, 4) is 0 Å². The summed E-state index contributed by atoms with van der Waals surface area (Å²) in [4.78, 5) is 12.9. The minimum atomic E-state index is 0.168. The van der Waals surface area contributed by atoms with E-state index in [1.165, 1.54) is 43.0 Å². The highest BCUT2D eigenvalue weighted by Crippen LogP contribution is 2.40. The van der Waals surface area contributed by atoms with Crippen molar-refractivity contribution in [3.05, 3.63) is 72.7 Å². The Labute approximate surface area is 180 Å². The fourth-order valence-corrected chi connectivity index (χ4v) is 4.63. The van der Waals surface area contributed by atoms with Gasteiger partial charge in [0, 0.05) is 24.4 Å². The first kappa shape index (κ1) is 19.8. The number of aromatic nitrogens is 3. The topological polar surface area (TPSA) is 62.7 Å². The molecule has 0 amide bonds. The molecule has 0 saturated heterocycles. The van der Waals surface area contributed by atoms with Gasteiger partial charge >= 0.3 is 0 Å². The van der Waals surface area contributed by atoms with Crippen LogP contribution in [0.15, 0.2) is 77.3 Å². The molecule has 1 aromatic carbocycles. The number of pyridine rings is 1. The standard InChI is InChI=1S/C22H23N5S2/c28-20(26-16-22(11-4-5-12-22)17-7-2-1-3-8-17)27-18-9-10-19(25-15-18)29-21-23-13-6-14-24-21/h1-3,6-10,13-15H,4-5,11-12,16H2,(H2,26,27,28). The minimum Gasteiger partial charge on any atom is -0.362 e. The van der Waals surface area contributed by atoms with Gasteiger partial charge in [-0.3, -0.25) is 0 Å². The smallest absolute Gasteiger partial charge is 0.193 e. The Balaban J connectivity index is 1.33. The van der Waals surface area contributed by atoms with E-state index in [1.807, 2.05) is 12.1 Å². The molecule has 0 unspecified atom stereocenters. The van der Waals surface area contributed by atoms with E-state index in [0.29, 0.717) is 10.3 Å². The van der Waals surface area contributed by atoms with Crippen molar-refractivity contribution >= 4 is 34.8 Å². The van der Waals surface area contributed by atoms with Crippen LogP contribution in [0.25, 0.3) is 0 Å². The summed E-state index contributed by atoms with van der Waals surface area (Å²) in [7, 11) is 0. The maximum atomic E-state index is 5.53. The lowest BCUT2D eigenvalue weighted by Crippen LogP contribution is -2.40. The quantitative estimate of drug-likeness (QED) is 0.437. The molecule has 7 heteroatoms. The fourth-order valence-electron chi connectivity index (χ4n) is 3.78. The van der Waals surface area contributed by atoms with Crippen LogP contribution in [-0.2, 0) is 5.41 Å². The van der Waals surface area contributed by atoms with Crippen LogP contribution in [0.5, 0.6) is 0 Å². The molecule has 5 nitrogen and oxygen atoms in total. The molecular formula is C22H23N5S2. The van der Waals surface area contributed by atoms with Gasteiger partial charge in [-0.05, 0) is 60.6 Å². The predicted molar refractivity (Wildman–Crippen MR) is 121 cm³/mol. The zero-order valence-corrected chi connectivity index (χ0v) is 17.7. The normalized spacial score (nSPS) is 15.0. The minimum absolute atomic E-state index is 0.168. The Morgan fingerprint density at radius 2 is 1.72 bits per heavy atom. The van der Waals surface area contributed by atoms with Gasteiger partial charge in [0.25, 0.3) is 0 Å². The summed E-state index contributed by atoms with van der Waals surface area (Å²) < 4.78 is 0. The number of anilines is 1. The third kappa shape index (κ3) is 5.10. The third-order valence-corrected chi connectivity index (χ3v) is 6.36. The molecule has 2 aromatic heterocycles. The number of nitrogens with zero attached hydrogens (tertiary/aromatic N) is 3. The van der Waals surface area contributed by atoms with E-state index in [4.69, 9.17) is 12.2 Å². The van der Waals surface area contributed by atoms with Crippen molar-refractivity contribution in [1.82, 2.24) is 20.3 Å². The molecule has 1 fully saturated rings. The second kappa shape index (κ2) is 9.33. The van der Waals surface area contributed by atoms with Crippen molar-refractivity contribution in [2.24, 2.45) is 0 Å². The van der Waals surface area contributed by atoms with Gasteiger partial charge in [-0.15, -0.1) is 0 Å². The lowest BCUT2D eigenvalue weighted by atomic mass is 9.79. The summed E-state index contributed by atoms with van der Waals surface area (Å²) >= 11 is 6.96. The molecule has 1 saturated carbocycles. The monoisotopic (exact) mass is 421 g/mol. The molecule has 2 heterocycles. The molecule has 0 atom stereocenters. The van der Waals surface area contributed by atoms with E-state index >= 15 is 0 Å². The lowest BCUT2D eigenvalue weighted by Gasteiger charge is -2.30. The second-order valence-corrected chi connectivity index (χ2v) is 8.58. The van der Waals surface area contributed by atoms with Gasteiger partial charge in [0.05, 0.1) is 11.9 Å². The van der Waals surface area contributed by atoms with Crippen LogP contribution in [0.4, 0.5) is 5.69 Å². The van der Waals surface area contributed by atoms with E-state index in [1.54, 1.807) is 24.7 Å². The van der Waals surface area contributed by atoms with Crippen molar-refractivity contribution in [3.63, 3.8) is 0 Å². The molecule has 4 rings (SSSR count). The van der Waals surface area contributed by atoms with Gasteiger partial charge in [-0.25, -0.2) is 15.0 Å². The first-order valence-electron chi connectivity index (χ1n) is 9.75. The van der Waals surface area contributed by atoms with Gasteiger partial charge in [0.15, 0.2) is 10.3 Å². The van der Waals surface area contributed by atoms with Gasteiger partial charge in [-0.2, -0.15) is 0 Å². The maximum absolute atomic E-state index is 5.53. The summed E-state index contributed by atoms with van der Waals surface area (Å²) in [6.45, 7) is 0.843. The Morgan fingerprint density at radius 3 is 2.41 bits per heavy atom. The maximum Gasteiger partial charge on any atom is 0.193 e. The first-order valence-corrected chi connectivity index (χ1v) is 11.0. The number of benzene rings is 1. The Morgan fingerprint density at radius 1 is 0.966 bits per heavy atom. The Bertz CT molecular complexity index is 926. The number of hydrogen-bond donors (Lipinski definition) is 2. The summed E-state index contributed by atoms with van der Waals surface area (Å²) in [5, 5.41) is 8.83. The predicted octanol–water partition coefficient (Wildman–Crippen LogP) is 4.82. The van der Waals surface area contributed by atoms with Crippen molar-refractivity contribution in [1.29, 1.82) is 0 Å².